The molecule has 102 valence electrons. The SMILES string of the molecule is O=C1O[C@@H](C(=O)Nc2nccs2)Cc2ccc(Cl)cc21. The Morgan fingerprint density at radius 2 is 2.35 bits per heavy atom. The zero-order chi connectivity index (χ0) is 14.1. The van der Waals surface area contributed by atoms with E-state index in [1.807, 2.05) is 0 Å². The summed E-state index contributed by atoms with van der Waals surface area (Å²) in [6.45, 7) is 0. The fourth-order valence-corrected chi connectivity index (χ4v) is 2.67. The van der Waals surface area contributed by atoms with Crippen molar-refractivity contribution in [2.45, 2.75) is 12.5 Å². The average molecular weight is 309 g/mol. The number of aromatic nitrogens is 1. The van der Waals surface area contributed by atoms with Crippen molar-refractivity contribution in [1.82, 2.24) is 4.98 Å². The van der Waals surface area contributed by atoms with Gasteiger partial charge in [-0.1, -0.05) is 17.7 Å². The Bertz CT molecular complexity index is 672. The second kappa shape index (κ2) is 5.22. The molecule has 2 heterocycles. The molecule has 2 aromatic rings. The number of nitrogens with zero attached hydrogens (tertiary/aromatic N) is 1. The Morgan fingerprint density at radius 1 is 1.50 bits per heavy atom. The summed E-state index contributed by atoms with van der Waals surface area (Å²) in [6.07, 6.45) is 1.07. The van der Waals surface area contributed by atoms with E-state index >= 15 is 0 Å². The molecule has 1 aliphatic rings. The molecule has 20 heavy (non-hydrogen) atoms. The third kappa shape index (κ3) is 2.52. The normalized spacial score (nSPS) is 17.2. The Morgan fingerprint density at radius 3 is 3.10 bits per heavy atom. The molecule has 5 nitrogen and oxygen atoms in total. The third-order valence-electron chi connectivity index (χ3n) is 2.90. The van der Waals surface area contributed by atoms with E-state index in [9.17, 15) is 9.59 Å². The Balaban J connectivity index is 1.79. The van der Waals surface area contributed by atoms with Gasteiger partial charge < -0.3 is 4.74 Å². The van der Waals surface area contributed by atoms with Gasteiger partial charge in [0.25, 0.3) is 5.91 Å². The first-order valence-corrected chi connectivity index (χ1v) is 7.09. The van der Waals surface area contributed by atoms with Crippen LogP contribution in [-0.4, -0.2) is 23.0 Å². The minimum absolute atomic E-state index is 0.329. The Kier molecular flexibility index (Phi) is 3.42. The van der Waals surface area contributed by atoms with Crippen LogP contribution in [0.2, 0.25) is 5.02 Å². The summed E-state index contributed by atoms with van der Waals surface area (Å²) in [6, 6.07) is 4.98. The van der Waals surface area contributed by atoms with Crippen molar-refractivity contribution >= 4 is 39.9 Å². The lowest BCUT2D eigenvalue weighted by molar-refractivity contribution is -0.125. The van der Waals surface area contributed by atoms with Gasteiger partial charge in [0.15, 0.2) is 11.2 Å². The molecule has 7 heteroatoms. The molecule has 0 unspecified atom stereocenters. The van der Waals surface area contributed by atoms with E-state index in [1.54, 1.807) is 29.8 Å². The molecule has 0 bridgehead atoms. The van der Waals surface area contributed by atoms with E-state index in [0.717, 1.165) is 5.56 Å². The average Bonchev–Trinajstić information content (AvgIpc) is 2.92. The molecule has 1 atom stereocenters. The quantitative estimate of drug-likeness (QED) is 0.866. The zero-order valence-electron chi connectivity index (χ0n) is 10.1. The zero-order valence-corrected chi connectivity index (χ0v) is 11.7. The lowest BCUT2D eigenvalue weighted by Gasteiger charge is -2.23. The standard InChI is InChI=1S/C13H9ClN2O3S/c14-8-2-1-7-5-10(19-12(18)9(7)6-8)11(17)16-13-15-3-4-20-13/h1-4,6,10H,5H2,(H,15,16,17)/t10-/m1/s1. The number of hydrogen-bond acceptors (Lipinski definition) is 5. The molecular formula is C13H9ClN2O3S. The topological polar surface area (TPSA) is 68.3 Å². The molecule has 1 N–H and O–H groups in total. The number of benzene rings is 1. The van der Waals surface area contributed by atoms with Crippen LogP contribution in [0.15, 0.2) is 29.8 Å². The van der Waals surface area contributed by atoms with Crippen molar-refractivity contribution in [3.05, 3.63) is 45.9 Å². The number of cyclic esters (lactones) is 1. The highest BCUT2D eigenvalue weighted by Crippen LogP contribution is 2.24. The number of halogens is 1. The maximum Gasteiger partial charge on any atom is 0.339 e. The van der Waals surface area contributed by atoms with Gasteiger partial charge in [-0.05, 0) is 17.7 Å². The first-order chi connectivity index (χ1) is 9.63. The van der Waals surface area contributed by atoms with E-state index in [0.29, 0.717) is 22.1 Å². The van der Waals surface area contributed by atoms with Gasteiger partial charge in [-0.15, -0.1) is 11.3 Å². The largest absolute Gasteiger partial charge is 0.448 e. The molecule has 3 rings (SSSR count). The Labute approximate surface area is 123 Å². The van der Waals surface area contributed by atoms with Crippen molar-refractivity contribution in [2.75, 3.05) is 5.32 Å². The van der Waals surface area contributed by atoms with Crippen LogP contribution in [0.25, 0.3) is 0 Å². The third-order valence-corrected chi connectivity index (χ3v) is 3.82. The minimum Gasteiger partial charge on any atom is -0.448 e. The highest BCUT2D eigenvalue weighted by Gasteiger charge is 2.31. The van der Waals surface area contributed by atoms with Crippen molar-refractivity contribution < 1.29 is 14.3 Å². The molecular weight excluding hydrogens is 300 g/mol. The van der Waals surface area contributed by atoms with Gasteiger partial charge in [0, 0.05) is 23.0 Å². The van der Waals surface area contributed by atoms with Crippen LogP contribution in [-0.2, 0) is 16.0 Å². The number of thiazole rings is 1. The second-order valence-corrected chi connectivity index (χ2v) is 5.56. The predicted octanol–water partition coefficient (Wildman–Crippen LogP) is 2.52. The summed E-state index contributed by atoms with van der Waals surface area (Å²) in [4.78, 5) is 27.9. The minimum atomic E-state index is -0.847. The maximum atomic E-state index is 12.0. The molecule has 1 aromatic carbocycles. The highest BCUT2D eigenvalue weighted by atomic mass is 35.5. The number of rotatable bonds is 2. The highest BCUT2D eigenvalue weighted by molar-refractivity contribution is 7.13. The van der Waals surface area contributed by atoms with Gasteiger partial charge >= 0.3 is 5.97 Å². The van der Waals surface area contributed by atoms with Crippen molar-refractivity contribution in [1.29, 1.82) is 0 Å². The summed E-state index contributed by atoms with van der Waals surface area (Å²) < 4.78 is 5.15. The molecule has 0 saturated carbocycles. The number of anilines is 1. The van der Waals surface area contributed by atoms with E-state index in [1.165, 1.54) is 11.3 Å². The number of fused-ring (bicyclic) bond motifs is 1. The van der Waals surface area contributed by atoms with E-state index in [2.05, 4.69) is 10.3 Å². The lowest BCUT2D eigenvalue weighted by atomic mass is 9.98. The maximum absolute atomic E-state index is 12.0. The smallest absolute Gasteiger partial charge is 0.339 e. The first kappa shape index (κ1) is 13.1. The van der Waals surface area contributed by atoms with E-state index in [4.69, 9.17) is 16.3 Å². The summed E-state index contributed by atoms with van der Waals surface area (Å²) >= 11 is 7.14. The number of ether oxygens (including phenoxy) is 1. The van der Waals surface area contributed by atoms with Gasteiger partial charge in [0.05, 0.1) is 5.56 Å². The fourth-order valence-electron chi connectivity index (χ4n) is 1.97. The number of carbonyl (C=O) groups excluding carboxylic acids is 2. The van der Waals surface area contributed by atoms with Crippen LogP contribution >= 0.6 is 22.9 Å². The predicted molar refractivity (Wildman–Crippen MR) is 75.1 cm³/mol. The van der Waals surface area contributed by atoms with Crippen molar-refractivity contribution in [2.24, 2.45) is 0 Å². The van der Waals surface area contributed by atoms with Gasteiger partial charge in [-0.25, -0.2) is 9.78 Å². The lowest BCUT2D eigenvalue weighted by Crippen LogP contribution is -2.37. The molecule has 0 saturated heterocycles. The molecule has 0 spiro atoms. The van der Waals surface area contributed by atoms with E-state index in [-0.39, 0.29) is 5.91 Å². The molecule has 1 amide bonds. The number of hydrogen-bond donors (Lipinski definition) is 1. The monoisotopic (exact) mass is 308 g/mol. The summed E-state index contributed by atoms with van der Waals surface area (Å²) in [5, 5.41) is 5.31. The first-order valence-electron chi connectivity index (χ1n) is 5.83. The van der Waals surface area contributed by atoms with E-state index < -0.39 is 12.1 Å². The van der Waals surface area contributed by atoms with Crippen LogP contribution < -0.4 is 5.32 Å². The molecule has 0 radical (unpaired) electrons. The van der Waals surface area contributed by atoms with Crippen LogP contribution in [0.5, 0.6) is 0 Å². The summed E-state index contributed by atoms with van der Waals surface area (Å²) in [5.41, 5.74) is 1.17. The number of amides is 1. The van der Waals surface area contributed by atoms with Crippen LogP contribution in [0.4, 0.5) is 5.13 Å². The van der Waals surface area contributed by atoms with Gasteiger partial charge in [-0.3, -0.25) is 10.1 Å². The number of esters is 1. The van der Waals surface area contributed by atoms with Crippen molar-refractivity contribution in [3.8, 4) is 0 Å². The van der Waals surface area contributed by atoms with Gasteiger partial charge in [-0.2, -0.15) is 0 Å². The van der Waals surface area contributed by atoms with Crippen LogP contribution in [0, 0.1) is 0 Å². The number of nitrogens with one attached hydrogen (secondary N) is 1. The Hall–Kier alpha value is -1.92. The molecule has 0 aliphatic carbocycles. The van der Waals surface area contributed by atoms with Crippen LogP contribution in [0.1, 0.15) is 15.9 Å². The number of carbonyl (C=O) groups is 2. The second-order valence-electron chi connectivity index (χ2n) is 4.23. The summed E-state index contributed by atoms with van der Waals surface area (Å²) in [7, 11) is 0. The molecule has 1 aromatic heterocycles. The molecule has 1 aliphatic heterocycles. The van der Waals surface area contributed by atoms with Gasteiger partial charge in [0.1, 0.15) is 0 Å². The van der Waals surface area contributed by atoms with Crippen LogP contribution in [0.3, 0.4) is 0 Å². The van der Waals surface area contributed by atoms with Crippen molar-refractivity contribution in [3.63, 3.8) is 0 Å². The molecule has 0 fully saturated rings. The fraction of sp³-hybridized carbons (Fsp3) is 0.154. The van der Waals surface area contributed by atoms with Gasteiger partial charge in [0.2, 0.25) is 0 Å². The summed E-state index contributed by atoms with van der Waals surface area (Å²) in [5.74, 6) is -0.915.